The van der Waals surface area contributed by atoms with Crippen LogP contribution in [0.25, 0.3) is 10.9 Å². The number of ether oxygens (including phenoxy) is 1. The predicted molar refractivity (Wildman–Crippen MR) is 161 cm³/mol. The largest absolute Gasteiger partial charge is 0.487 e. The topological polar surface area (TPSA) is 107 Å². The van der Waals surface area contributed by atoms with E-state index in [0.29, 0.717) is 31.0 Å². The monoisotopic (exact) mass is 580 g/mol. The molecule has 1 N–H and O–H groups in total. The quantitative estimate of drug-likeness (QED) is 0.102. The third kappa shape index (κ3) is 8.26. The molecule has 43 heavy (non-hydrogen) atoms. The average molecular weight is 581 g/mol. The van der Waals surface area contributed by atoms with Crippen LogP contribution in [0.3, 0.4) is 0 Å². The van der Waals surface area contributed by atoms with Gasteiger partial charge in [-0.2, -0.15) is 0 Å². The van der Waals surface area contributed by atoms with Crippen LogP contribution in [0.1, 0.15) is 27.2 Å². The molecule has 5 aromatic rings. The van der Waals surface area contributed by atoms with Crippen molar-refractivity contribution >= 4 is 22.5 Å². The van der Waals surface area contributed by atoms with Gasteiger partial charge in [0, 0.05) is 36.3 Å². The molecule has 1 amide bonds. The van der Waals surface area contributed by atoms with Crippen molar-refractivity contribution in [3.63, 3.8) is 0 Å². The number of carbonyl (C=O) groups is 1. The highest BCUT2D eigenvalue weighted by Crippen LogP contribution is 2.25. The van der Waals surface area contributed by atoms with Gasteiger partial charge >= 0.3 is 0 Å². The lowest BCUT2D eigenvalue weighted by Crippen LogP contribution is -2.28. The standard InChI is InChI=1S/C33H29FN4O5/c34-28-6-3-4-25(20-28)22-37(21-24-8-10-27(11-9-24)33(39)35-18-19-43-38(40)41)30-14-16-31(17-15-30)42-23-29-13-12-26-5-1-2-7-32(26)36-29/h1-17,20H,18-19,21-23H2,(H,35,39). The van der Waals surface area contributed by atoms with Crippen LogP contribution in [0.5, 0.6) is 5.75 Å². The number of nitrogens with one attached hydrogen (secondary N) is 1. The number of fused-ring (bicyclic) bond motifs is 1. The number of benzene rings is 4. The smallest absolute Gasteiger partial charge is 0.294 e. The van der Waals surface area contributed by atoms with Crippen molar-refractivity contribution in [3.05, 3.63) is 148 Å². The molecular formula is C33H29FN4O5. The number of rotatable bonds is 13. The first-order valence-corrected chi connectivity index (χ1v) is 13.6. The van der Waals surface area contributed by atoms with Crippen LogP contribution in [-0.2, 0) is 24.5 Å². The van der Waals surface area contributed by atoms with Crippen molar-refractivity contribution in [2.24, 2.45) is 0 Å². The number of aromatic nitrogens is 1. The second-order valence-electron chi connectivity index (χ2n) is 9.77. The SMILES string of the molecule is O=C(NCCO[N+](=O)[O-])c1ccc(CN(Cc2cccc(F)c2)c2ccc(OCc3ccc4ccccc4n3)cc2)cc1. The number of nitrogens with zero attached hydrogens (tertiary/aromatic N) is 3. The Morgan fingerprint density at radius 3 is 2.42 bits per heavy atom. The van der Waals surface area contributed by atoms with Gasteiger partial charge in [0.05, 0.1) is 11.2 Å². The maximum atomic E-state index is 14.0. The average Bonchev–Trinajstić information content (AvgIpc) is 3.02. The summed E-state index contributed by atoms with van der Waals surface area (Å²) in [5.41, 5.74) is 4.83. The summed E-state index contributed by atoms with van der Waals surface area (Å²) in [6.45, 7) is 1.07. The molecule has 0 aliphatic rings. The zero-order valence-corrected chi connectivity index (χ0v) is 23.2. The molecule has 0 radical (unpaired) electrons. The Morgan fingerprint density at radius 2 is 1.65 bits per heavy atom. The summed E-state index contributed by atoms with van der Waals surface area (Å²) in [7, 11) is 0. The molecule has 0 bridgehead atoms. The van der Waals surface area contributed by atoms with E-state index < -0.39 is 5.09 Å². The van der Waals surface area contributed by atoms with Gasteiger partial charge in [0.2, 0.25) is 0 Å². The second kappa shape index (κ2) is 13.9. The van der Waals surface area contributed by atoms with Crippen molar-refractivity contribution < 1.29 is 23.8 Å². The van der Waals surface area contributed by atoms with Crippen LogP contribution < -0.4 is 15.0 Å². The summed E-state index contributed by atoms with van der Waals surface area (Å²) in [6, 6.07) is 33.2. The van der Waals surface area contributed by atoms with E-state index in [1.807, 2.05) is 78.9 Å². The number of para-hydroxylation sites is 1. The molecule has 0 atom stereocenters. The lowest BCUT2D eigenvalue weighted by molar-refractivity contribution is -0.757. The van der Waals surface area contributed by atoms with Crippen LogP contribution in [0.4, 0.5) is 10.1 Å². The number of hydrogen-bond donors (Lipinski definition) is 1. The number of hydrogen-bond acceptors (Lipinski definition) is 7. The molecule has 0 unspecified atom stereocenters. The van der Waals surface area contributed by atoms with E-state index in [1.165, 1.54) is 12.1 Å². The highest BCUT2D eigenvalue weighted by atomic mass is 19.1. The summed E-state index contributed by atoms with van der Waals surface area (Å²) in [5.74, 6) is 0.0375. The number of halogens is 1. The molecule has 218 valence electrons. The van der Waals surface area contributed by atoms with Crippen molar-refractivity contribution in [1.82, 2.24) is 10.3 Å². The summed E-state index contributed by atoms with van der Waals surface area (Å²) < 4.78 is 20.0. The van der Waals surface area contributed by atoms with Crippen LogP contribution >= 0.6 is 0 Å². The first kappa shape index (κ1) is 29.0. The minimum Gasteiger partial charge on any atom is -0.487 e. The maximum absolute atomic E-state index is 14.0. The van der Waals surface area contributed by atoms with Crippen LogP contribution in [0.2, 0.25) is 0 Å². The second-order valence-corrected chi connectivity index (χ2v) is 9.77. The highest BCUT2D eigenvalue weighted by molar-refractivity contribution is 5.94. The van der Waals surface area contributed by atoms with Gasteiger partial charge in [-0.15, -0.1) is 10.1 Å². The number of amides is 1. The molecule has 0 saturated carbocycles. The molecule has 9 nitrogen and oxygen atoms in total. The van der Waals surface area contributed by atoms with Gasteiger partial charge in [-0.05, 0) is 71.8 Å². The molecule has 0 spiro atoms. The third-order valence-corrected chi connectivity index (χ3v) is 6.68. The minimum atomic E-state index is -0.902. The predicted octanol–water partition coefficient (Wildman–Crippen LogP) is 6.10. The fourth-order valence-corrected chi connectivity index (χ4v) is 4.56. The van der Waals surface area contributed by atoms with E-state index in [0.717, 1.165) is 33.4 Å². The fraction of sp³-hybridized carbons (Fsp3) is 0.152. The Morgan fingerprint density at radius 1 is 0.884 bits per heavy atom. The van der Waals surface area contributed by atoms with Crippen molar-refractivity contribution in [3.8, 4) is 5.75 Å². The summed E-state index contributed by atoms with van der Waals surface area (Å²) in [5, 5.41) is 13.0. The zero-order valence-electron chi connectivity index (χ0n) is 23.2. The van der Waals surface area contributed by atoms with Crippen molar-refractivity contribution in [1.29, 1.82) is 0 Å². The van der Waals surface area contributed by atoms with E-state index in [-0.39, 0.29) is 24.9 Å². The minimum absolute atomic E-state index is 0.0153. The molecule has 0 aliphatic heterocycles. The molecule has 0 fully saturated rings. The number of pyridine rings is 1. The Kier molecular flexibility index (Phi) is 9.38. The molecule has 0 saturated heterocycles. The zero-order chi connectivity index (χ0) is 30.0. The van der Waals surface area contributed by atoms with Gasteiger partial charge in [0.1, 0.15) is 24.8 Å². The Bertz CT molecular complexity index is 1700. The van der Waals surface area contributed by atoms with E-state index in [9.17, 15) is 19.3 Å². The van der Waals surface area contributed by atoms with E-state index in [1.54, 1.807) is 18.2 Å². The van der Waals surface area contributed by atoms with Crippen molar-refractivity contribution in [2.75, 3.05) is 18.1 Å². The Labute approximate surface area is 247 Å². The van der Waals surface area contributed by atoms with Gasteiger partial charge in [0.25, 0.3) is 11.0 Å². The fourth-order valence-electron chi connectivity index (χ4n) is 4.56. The molecule has 5 rings (SSSR count). The molecule has 10 heteroatoms. The third-order valence-electron chi connectivity index (χ3n) is 6.68. The van der Waals surface area contributed by atoms with Crippen molar-refractivity contribution in [2.45, 2.75) is 19.7 Å². The van der Waals surface area contributed by atoms with Gasteiger partial charge in [0.15, 0.2) is 0 Å². The van der Waals surface area contributed by atoms with Gasteiger partial charge < -0.3 is 19.8 Å². The molecule has 1 heterocycles. The molecule has 4 aromatic carbocycles. The lowest BCUT2D eigenvalue weighted by Gasteiger charge is -2.26. The van der Waals surface area contributed by atoms with Gasteiger partial charge in [-0.1, -0.05) is 48.5 Å². The maximum Gasteiger partial charge on any atom is 0.294 e. The highest BCUT2D eigenvalue weighted by Gasteiger charge is 2.12. The van der Waals surface area contributed by atoms with Crippen LogP contribution in [-0.4, -0.2) is 29.1 Å². The van der Waals surface area contributed by atoms with Crippen LogP contribution in [0, 0.1) is 15.9 Å². The first-order valence-electron chi connectivity index (χ1n) is 13.6. The Balaban J connectivity index is 1.26. The van der Waals surface area contributed by atoms with Gasteiger partial charge in [-0.25, -0.2) is 9.37 Å². The summed E-state index contributed by atoms with van der Waals surface area (Å²) in [4.78, 5) is 33.6. The molecule has 0 aliphatic carbocycles. The lowest BCUT2D eigenvalue weighted by atomic mass is 10.1. The summed E-state index contributed by atoms with van der Waals surface area (Å²) >= 11 is 0. The van der Waals surface area contributed by atoms with Crippen LogP contribution in [0.15, 0.2) is 109 Å². The van der Waals surface area contributed by atoms with E-state index in [4.69, 9.17) is 4.74 Å². The summed E-state index contributed by atoms with van der Waals surface area (Å²) in [6.07, 6.45) is 0. The van der Waals surface area contributed by atoms with Gasteiger partial charge in [-0.3, -0.25) is 4.79 Å². The number of carbonyl (C=O) groups excluding carboxylic acids is 1. The Hall–Kier alpha value is -5.51. The molecular weight excluding hydrogens is 551 g/mol. The molecule has 1 aromatic heterocycles. The van der Waals surface area contributed by atoms with E-state index >= 15 is 0 Å². The first-order chi connectivity index (χ1) is 20.9. The normalized spacial score (nSPS) is 10.7. The van der Waals surface area contributed by atoms with E-state index in [2.05, 4.69) is 20.0 Å². The number of anilines is 1.